The first kappa shape index (κ1) is 14.9. The van der Waals surface area contributed by atoms with Crippen LogP contribution in [0.2, 0.25) is 0 Å². The van der Waals surface area contributed by atoms with Crippen LogP contribution in [-0.2, 0) is 0 Å². The van der Waals surface area contributed by atoms with Crippen LogP contribution >= 0.6 is 0 Å². The van der Waals surface area contributed by atoms with Crippen LogP contribution in [0, 0.1) is 5.92 Å². The van der Waals surface area contributed by atoms with E-state index < -0.39 is 5.60 Å². The molecule has 4 N–H and O–H groups in total. The van der Waals surface area contributed by atoms with Gasteiger partial charge in [-0.05, 0) is 37.8 Å². The van der Waals surface area contributed by atoms with Gasteiger partial charge in [-0.1, -0.05) is 19.8 Å². The van der Waals surface area contributed by atoms with E-state index in [1.807, 2.05) is 13.0 Å². The monoisotopic (exact) mass is 279 g/mol. The molecular formula is C15H25N3O2. The lowest BCUT2D eigenvalue weighted by molar-refractivity contribution is -0.000836. The van der Waals surface area contributed by atoms with E-state index in [1.54, 1.807) is 6.07 Å². The summed E-state index contributed by atoms with van der Waals surface area (Å²) in [5.41, 5.74) is 5.69. The predicted molar refractivity (Wildman–Crippen MR) is 80.9 cm³/mol. The average molecular weight is 279 g/mol. The first-order valence-corrected chi connectivity index (χ1v) is 7.38. The molecule has 112 valence electrons. The van der Waals surface area contributed by atoms with Crippen molar-refractivity contribution in [1.29, 1.82) is 0 Å². The zero-order chi connectivity index (χ0) is 14.6. The highest BCUT2D eigenvalue weighted by molar-refractivity contribution is 5.53. The Hall–Kier alpha value is -1.49. The molecule has 2 unspecified atom stereocenters. The number of anilines is 2. The Bertz CT molecular complexity index is 453. The van der Waals surface area contributed by atoms with E-state index in [2.05, 4.69) is 17.2 Å². The third-order valence-corrected chi connectivity index (χ3v) is 3.84. The number of pyridine rings is 1. The van der Waals surface area contributed by atoms with Crippen LogP contribution in [0.4, 0.5) is 11.5 Å². The Morgan fingerprint density at radius 2 is 2.35 bits per heavy atom. The SMILES string of the molecule is CCOc1nc(NCC2(O)CCCC(C)C2)ccc1N. The largest absolute Gasteiger partial charge is 0.476 e. The molecule has 0 spiro atoms. The smallest absolute Gasteiger partial charge is 0.239 e. The molecule has 0 bridgehead atoms. The van der Waals surface area contributed by atoms with Crippen LogP contribution in [-0.4, -0.2) is 28.8 Å². The van der Waals surface area contributed by atoms with Crippen molar-refractivity contribution in [2.75, 3.05) is 24.2 Å². The predicted octanol–water partition coefficient (Wildman–Crippen LogP) is 2.42. The maximum atomic E-state index is 10.6. The summed E-state index contributed by atoms with van der Waals surface area (Å²) in [6.07, 6.45) is 3.97. The number of nitrogen functional groups attached to an aromatic ring is 1. The standard InChI is InChI=1S/C15H25N3O2/c1-3-20-14-12(16)6-7-13(18-14)17-10-15(19)8-4-5-11(2)9-15/h6-7,11,19H,3-5,8-10,16H2,1-2H3,(H,17,18). The summed E-state index contributed by atoms with van der Waals surface area (Å²) in [6.45, 7) is 5.13. The van der Waals surface area contributed by atoms with E-state index in [9.17, 15) is 5.11 Å². The van der Waals surface area contributed by atoms with E-state index in [0.717, 1.165) is 19.3 Å². The number of nitrogens with one attached hydrogen (secondary N) is 1. The number of nitrogens with zero attached hydrogens (tertiary/aromatic N) is 1. The fourth-order valence-corrected chi connectivity index (χ4v) is 2.85. The molecule has 2 rings (SSSR count). The summed E-state index contributed by atoms with van der Waals surface area (Å²) in [4.78, 5) is 4.33. The van der Waals surface area contributed by atoms with Crippen LogP contribution in [0.3, 0.4) is 0 Å². The van der Waals surface area contributed by atoms with Gasteiger partial charge in [-0.3, -0.25) is 0 Å². The third-order valence-electron chi connectivity index (χ3n) is 3.84. The molecule has 20 heavy (non-hydrogen) atoms. The summed E-state index contributed by atoms with van der Waals surface area (Å²) in [5, 5.41) is 13.8. The number of nitrogens with two attached hydrogens (primary N) is 1. The number of aliphatic hydroxyl groups is 1. The first-order valence-electron chi connectivity index (χ1n) is 7.38. The highest BCUT2D eigenvalue weighted by Crippen LogP contribution is 2.32. The molecule has 1 heterocycles. The van der Waals surface area contributed by atoms with E-state index in [0.29, 0.717) is 36.5 Å². The van der Waals surface area contributed by atoms with Gasteiger partial charge in [0, 0.05) is 6.54 Å². The minimum Gasteiger partial charge on any atom is -0.476 e. The second kappa shape index (κ2) is 6.31. The molecule has 1 fully saturated rings. The lowest BCUT2D eigenvalue weighted by atomic mass is 9.79. The quantitative estimate of drug-likeness (QED) is 0.771. The number of aromatic nitrogens is 1. The fourth-order valence-electron chi connectivity index (χ4n) is 2.85. The van der Waals surface area contributed by atoms with Gasteiger partial charge in [0.1, 0.15) is 5.82 Å². The van der Waals surface area contributed by atoms with Gasteiger partial charge in [0.2, 0.25) is 5.88 Å². The molecule has 2 atom stereocenters. The van der Waals surface area contributed by atoms with Crippen LogP contribution < -0.4 is 15.8 Å². The topological polar surface area (TPSA) is 80.4 Å². The summed E-state index contributed by atoms with van der Waals surface area (Å²) in [6, 6.07) is 3.58. The molecule has 1 aromatic rings. The van der Waals surface area contributed by atoms with Gasteiger partial charge in [0.15, 0.2) is 0 Å². The van der Waals surface area contributed by atoms with Crippen molar-refractivity contribution in [2.24, 2.45) is 5.92 Å². The molecule has 0 aromatic carbocycles. The zero-order valence-corrected chi connectivity index (χ0v) is 12.4. The average Bonchev–Trinajstić information content (AvgIpc) is 2.40. The van der Waals surface area contributed by atoms with Crippen molar-refractivity contribution >= 4 is 11.5 Å². The second-order valence-corrected chi connectivity index (χ2v) is 5.80. The second-order valence-electron chi connectivity index (χ2n) is 5.80. The highest BCUT2D eigenvalue weighted by atomic mass is 16.5. The van der Waals surface area contributed by atoms with Gasteiger partial charge < -0.3 is 20.9 Å². The van der Waals surface area contributed by atoms with Crippen LogP contribution in [0.5, 0.6) is 5.88 Å². The molecular weight excluding hydrogens is 254 g/mol. The fraction of sp³-hybridized carbons (Fsp3) is 0.667. The zero-order valence-electron chi connectivity index (χ0n) is 12.4. The van der Waals surface area contributed by atoms with Gasteiger partial charge in [0.25, 0.3) is 0 Å². The Labute approximate surface area is 120 Å². The van der Waals surface area contributed by atoms with Crippen molar-refractivity contribution < 1.29 is 9.84 Å². The number of hydrogen-bond acceptors (Lipinski definition) is 5. The van der Waals surface area contributed by atoms with Crippen molar-refractivity contribution in [3.8, 4) is 5.88 Å². The summed E-state index contributed by atoms with van der Waals surface area (Å²) in [7, 11) is 0. The molecule has 5 nitrogen and oxygen atoms in total. The van der Waals surface area contributed by atoms with Crippen LogP contribution in [0.25, 0.3) is 0 Å². The summed E-state index contributed by atoms with van der Waals surface area (Å²) in [5.74, 6) is 1.71. The van der Waals surface area contributed by atoms with Gasteiger partial charge in [-0.25, -0.2) is 0 Å². The van der Waals surface area contributed by atoms with Crippen molar-refractivity contribution in [1.82, 2.24) is 4.98 Å². The maximum absolute atomic E-state index is 10.6. The minimum atomic E-state index is -0.632. The van der Waals surface area contributed by atoms with E-state index in [1.165, 1.54) is 6.42 Å². The Balaban J connectivity index is 1.98. The highest BCUT2D eigenvalue weighted by Gasteiger charge is 2.32. The molecule has 0 radical (unpaired) electrons. The Kier molecular flexibility index (Phi) is 4.70. The van der Waals surface area contributed by atoms with E-state index in [4.69, 9.17) is 10.5 Å². The molecule has 1 aliphatic rings. The van der Waals surface area contributed by atoms with Crippen LogP contribution in [0.15, 0.2) is 12.1 Å². The lowest BCUT2D eigenvalue weighted by Gasteiger charge is -2.35. The van der Waals surface area contributed by atoms with Gasteiger partial charge >= 0.3 is 0 Å². The lowest BCUT2D eigenvalue weighted by Crippen LogP contribution is -2.41. The molecule has 5 heteroatoms. The van der Waals surface area contributed by atoms with Crippen molar-refractivity contribution in [3.05, 3.63) is 12.1 Å². The van der Waals surface area contributed by atoms with Gasteiger partial charge in [-0.15, -0.1) is 0 Å². The molecule has 1 aromatic heterocycles. The van der Waals surface area contributed by atoms with E-state index in [-0.39, 0.29) is 0 Å². The molecule has 0 aliphatic heterocycles. The van der Waals surface area contributed by atoms with E-state index >= 15 is 0 Å². The summed E-state index contributed by atoms with van der Waals surface area (Å²) >= 11 is 0. The number of ether oxygens (including phenoxy) is 1. The first-order chi connectivity index (χ1) is 9.52. The maximum Gasteiger partial charge on any atom is 0.239 e. The Morgan fingerprint density at radius 3 is 3.05 bits per heavy atom. The third kappa shape index (κ3) is 3.76. The summed E-state index contributed by atoms with van der Waals surface area (Å²) < 4.78 is 5.37. The van der Waals surface area contributed by atoms with Gasteiger partial charge in [0.05, 0.1) is 17.9 Å². The van der Waals surface area contributed by atoms with Crippen molar-refractivity contribution in [2.45, 2.75) is 45.1 Å². The number of hydrogen-bond donors (Lipinski definition) is 3. The van der Waals surface area contributed by atoms with Crippen LogP contribution in [0.1, 0.15) is 39.5 Å². The minimum absolute atomic E-state index is 0.446. The molecule has 1 aliphatic carbocycles. The normalized spacial score (nSPS) is 26.2. The van der Waals surface area contributed by atoms with Crippen molar-refractivity contribution in [3.63, 3.8) is 0 Å². The molecule has 0 amide bonds. The molecule has 1 saturated carbocycles. The number of rotatable bonds is 5. The molecule has 0 saturated heterocycles. The Morgan fingerprint density at radius 1 is 1.55 bits per heavy atom. The van der Waals surface area contributed by atoms with Gasteiger partial charge in [-0.2, -0.15) is 4.98 Å².